The third-order valence-corrected chi connectivity index (χ3v) is 4.76. The van der Waals surface area contributed by atoms with E-state index in [-0.39, 0.29) is 10.4 Å². The van der Waals surface area contributed by atoms with Crippen molar-refractivity contribution in [3.05, 3.63) is 39.1 Å². The highest BCUT2D eigenvalue weighted by Gasteiger charge is 2.61. The number of allylic oxidation sites excluding steroid dienone is 1. The van der Waals surface area contributed by atoms with Gasteiger partial charge in [-0.1, -0.05) is 37.0 Å². The molecule has 0 spiro atoms. The molecule has 0 saturated heterocycles. The van der Waals surface area contributed by atoms with Gasteiger partial charge in [0.25, 0.3) is 0 Å². The number of hydrogen-bond acceptors (Lipinski definition) is 3. The Labute approximate surface area is 147 Å². The number of carbonyl (C=O) groups is 1. The largest absolute Gasteiger partial charge is 0.460 e. The van der Waals surface area contributed by atoms with E-state index in [4.69, 9.17) is 33.7 Å². The fourth-order valence-corrected chi connectivity index (χ4v) is 3.07. The molecule has 0 aliphatic heterocycles. The molecular formula is C16H16Cl2F3NO2. The second-order valence-electron chi connectivity index (χ2n) is 6.35. The topological polar surface area (TPSA) is 52.3 Å². The zero-order valence-electron chi connectivity index (χ0n) is 13.2. The molecule has 0 aromatic heterocycles. The molecular weight excluding hydrogens is 366 g/mol. The van der Waals surface area contributed by atoms with Crippen LogP contribution in [0.3, 0.4) is 0 Å². The first-order chi connectivity index (χ1) is 11.0. The van der Waals surface area contributed by atoms with Gasteiger partial charge >= 0.3 is 5.97 Å². The molecule has 1 saturated carbocycles. The Bertz CT molecular complexity index is 702. The van der Waals surface area contributed by atoms with E-state index < -0.39 is 58.2 Å². The number of nitrogens with two attached hydrogens (primary N) is 1. The molecule has 1 aliphatic carbocycles. The molecule has 0 unspecified atom stereocenters. The van der Waals surface area contributed by atoms with Crippen LogP contribution in [0.1, 0.15) is 25.0 Å². The summed E-state index contributed by atoms with van der Waals surface area (Å²) in [6.45, 7) is 4.04. The highest BCUT2D eigenvalue weighted by atomic mass is 35.5. The summed E-state index contributed by atoms with van der Waals surface area (Å²) < 4.78 is 46.3. The first-order valence-electron chi connectivity index (χ1n) is 7.11. The highest BCUT2D eigenvalue weighted by Crippen LogP contribution is 2.60. The first kappa shape index (κ1) is 18.9. The molecule has 2 atom stereocenters. The van der Waals surface area contributed by atoms with Crippen LogP contribution in [0.5, 0.6) is 0 Å². The van der Waals surface area contributed by atoms with Crippen LogP contribution >= 0.6 is 23.2 Å². The van der Waals surface area contributed by atoms with Crippen LogP contribution in [0.2, 0.25) is 0 Å². The van der Waals surface area contributed by atoms with Crippen molar-refractivity contribution in [2.45, 2.75) is 27.4 Å². The molecule has 1 aromatic carbocycles. The maximum Gasteiger partial charge on any atom is 0.310 e. The van der Waals surface area contributed by atoms with Crippen molar-refractivity contribution < 1.29 is 22.7 Å². The molecule has 2 rings (SSSR count). The maximum absolute atomic E-state index is 13.9. The minimum absolute atomic E-state index is 0.0290. The van der Waals surface area contributed by atoms with E-state index in [0.29, 0.717) is 0 Å². The lowest BCUT2D eigenvalue weighted by atomic mass is 10.1. The molecule has 0 amide bonds. The number of nitrogen functional groups attached to an aromatic ring is 1. The summed E-state index contributed by atoms with van der Waals surface area (Å²) in [5, 5.41) is 0. The number of benzene rings is 1. The fraction of sp³-hybridized carbons (Fsp3) is 0.438. The zero-order valence-corrected chi connectivity index (χ0v) is 14.7. The van der Waals surface area contributed by atoms with Gasteiger partial charge < -0.3 is 10.5 Å². The van der Waals surface area contributed by atoms with E-state index in [1.165, 1.54) is 6.08 Å². The van der Waals surface area contributed by atoms with Crippen molar-refractivity contribution in [2.24, 2.45) is 17.3 Å². The Morgan fingerprint density at radius 2 is 1.83 bits per heavy atom. The smallest absolute Gasteiger partial charge is 0.310 e. The van der Waals surface area contributed by atoms with Gasteiger partial charge in [0.15, 0.2) is 17.5 Å². The summed E-state index contributed by atoms with van der Waals surface area (Å²) in [5.41, 5.74) is 3.41. The zero-order chi connectivity index (χ0) is 18.4. The van der Waals surface area contributed by atoms with Gasteiger partial charge in [-0.2, -0.15) is 0 Å². The third kappa shape index (κ3) is 3.22. The molecule has 0 heterocycles. The molecule has 1 fully saturated rings. The van der Waals surface area contributed by atoms with E-state index >= 15 is 0 Å². The minimum Gasteiger partial charge on any atom is -0.460 e. The van der Waals surface area contributed by atoms with E-state index in [0.717, 1.165) is 6.92 Å². The molecule has 24 heavy (non-hydrogen) atoms. The molecule has 3 nitrogen and oxygen atoms in total. The Hall–Kier alpha value is -1.40. The third-order valence-electron chi connectivity index (χ3n) is 4.51. The van der Waals surface area contributed by atoms with E-state index in [1.54, 1.807) is 0 Å². The number of esters is 1. The summed E-state index contributed by atoms with van der Waals surface area (Å²) in [6.07, 6.45) is 1.52. The number of rotatable bonds is 4. The quantitative estimate of drug-likeness (QED) is 0.469. The molecule has 2 N–H and O–H groups in total. The molecule has 1 aromatic rings. The number of halogens is 5. The Balaban J connectivity index is 2.16. The summed E-state index contributed by atoms with van der Waals surface area (Å²) in [4.78, 5) is 12.2. The van der Waals surface area contributed by atoms with Crippen molar-refractivity contribution >= 4 is 34.9 Å². The standard InChI is InChI=1S/C16H16Cl2F3NO2/c1-6-11(19)13(21)7(14(22)12(6)20)5-24-15(23)10-8(4-9(17)18)16(10,2)3/h4,8,10H,5,22H2,1-3H3/t8-,10+/m1/s1. The highest BCUT2D eigenvalue weighted by molar-refractivity contribution is 6.55. The molecule has 8 heteroatoms. The van der Waals surface area contributed by atoms with Gasteiger partial charge in [-0.3, -0.25) is 4.79 Å². The van der Waals surface area contributed by atoms with Crippen LogP contribution in [-0.4, -0.2) is 5.97 Å². The number of hydrogen-bond donors (Lipinski definition) is 1. The van der Waals surface area contributed by atoms with E-state index in [9.17, 15) is 18.0 Å². The monoisotopic (exact) mass is 381 g/mol. The summed E-state index contributed by atoms with van der Waals surface area (Å²) >= 11 is 11.2. The molecule has 0 radical (unpaired) electrons. The van der Waals surface area contributed by atoms with Crippen molar-refractivity contribution in [1.82, 2.24) is 0 Å². The predicted octanol–water partition coefficient (Wildman–Crippen LogP) is 4.63. The number of anilines is 1. The normalized spacial score (nSPS) is 21.3. The lowest BCUT2D eigenvalue weighted by molar-refractivity contribution is -0.147. The SMILES string of the molecule is Cc1c(F)c(N)c(COC(=O)[C@@H]2[C@@H](C=C(Cl)Cl)C2(C)C)c(F)c1F. The summed E-state index contributed by atoms with van der Waals surface area (Å²) in [5.74, 6) is -5.15. The number of carbonyl (C=O) groups excluding carboxylic acids is 1. The Kier molecular flexibility index (Phi) is 5.11. The van der Waals surface area contributed by atoms with Crippen LogP contribution < -0.4 is 5.73 Å². The number of ether oxygens (including phenoxy) is 1. The van der Waals surface area contributed by atoms with E-state index in [2.05, 4.69) is 0 Å². The Morgan fingerprint density at radius 1 is 1.25 bits per heavy atom. The van der Waals surface area contributed by atoms with Crippen LogP contribution in [0.15, 0.2) is 10.6 Å². The first-order valence-corrected chi connectivity index (χ1v) is 7.86. The van der Waals surface area contributed by atoms with Crippen LogP contribution in [0.25, 0.3) is 0 Å². The Morgan fingerprint density at radius 3 is 2.38 bits per heavy atom. The average molecular weight is 382 g/mol. The lowest BCUT2D eigenvalue weighted by Gasteiger charge is -2.12. The molecule has 0 bridgehead atoms. The summed E-state index contributed by atoms with van der Waals surface area (Å²) in [7, 11) is 0. The fourth-order valence-electron chi connectivity index (χ4n) is 2.80. The van der Waals surface area contributed by atoms with Gasteiger partial charge in [0.1, 0.15) is 11.1 Å². The van der Waals surface area contributed by atoms with Crippen LogP contribution in [-0.2, 0) is 16.1 Å². The van der Waals surface area contributed by atoms with Gasteiger partial charge in [0.2, 0.25) is 0 Å². The predicted molar refractivity (Wildman–Crippen MR) is 85.8 cm³/mol. The van der Waals surface area contributed by atoms with Crippen molar-refractivity contribution in [3.63, 3.8) is 0 Å². The molecule has 132 valence electrons. The van der Waals surface area contributed by atoms with Gasteiger partial charge in [0, 0.05) is 5.56 Å². The maximum atomic E-state index is 13.9. The second-order valence-corrected chi connectivity index (χ2v) is 7.36. The van der Waals surface area contributed by atoms with Gasteiger partial charge in [-0.05, 0) is 24.3 Å². The van der Waals surface area contributed by atoms with Gasteiger partial charge in [0.05, 0.1) is 17.2 Å². The molecule has 1 aliphatic rings. The second kappa shape index (κ2) is 6.48. The lowest BCUT2D eigenvalue weighted by Crippen LogP contribution is -2.14. The average Bonchev–Trinajstić information content (AvgIpc) is 3.02. The van der Waals surface area contributed by atoms with Crippen LogP contribution in [0, 0.1) is 41.6 Å². The summed E-state index contributed by atoms with van der Waals surface area (Å²) in [6, 6.07) is 0. The van der Waals surface area contributed by atoms with Crippen molar-refractivity contribution in [2.75, 3.05) is 5.73 Å². The van der Waals surface area contributed by atoms with Crippen molar-refractivity contribution in [3.8, 4) is 0 Å². The van der Waals surface area contributed by atoms with Gasteiger partial charge in [-0.25, -0.2) is 13.2 Å². The van der Waals surface area contributed by atoms with Crippen molar-refractivity contribution in [1.29, 1.82) is 0 Å². The van der Waals surface area contributed by atoms with Crippen LogP contribution in [0.4, 0.5) is 18.9 Å². The minimum atomic E-state index is -1.35. The van der Waals surface area contributed by atoms with E-state index in [1.807, 2.05) is 13.8 Å². The van der Waals surface area contributed by atoms with Gasteiger partial charge in [-0.15, -0.1) is 0 Å².